The van der Waals surface area contributed by atoms with Gasteiger partial charge in [-0.3, -0.25) is 4.79 Å². The Balaban J connectivity index is 1.35. The van der Waals surface area contributed by atoms with Crippen LogP contribution in [0, 0.1) is 6.92 Å². The third kappa shape index (κ3) is 4.60. The molecule has 3 aromatic rings. The number of ether oxygens (including phenoxy) is 4. The number of anilines is 1. The van der Waals surface area contributed by atoms with Crippen LogP contribution < -0.4 is 24.7 Å². The topological polar surface area (TPSA) is 87.4 Å². The molecule has 0 aliphatic carbocycles. The van der Waals surface area contributed by atoms with Crippen molar-refractivity contribution >= 4 is 50.7 Å². The molecular formula is C23H31B5N4O5. The molecule has 1 aromatic carbocycles. The Hall–Kier alpha value is -3.01. The van der Waals surface area contributed by atoms with Gasteiger partial charge in [-0.25, -0.2) is 4.98 Å². The highest BCUT2D eigenvalue weighted by Gasteiger charge is 2.44. The Morgan fingerprint density at radius 3 is 2.38 bits per heavy atom. The van der Waals surface area contributed by atoms with Gasteiger partial charge in [-0.05, 0) is 31.9 Å². The summed E-state index contributed by atoms with van der Waals surface area (Å²) >= 11 is 0. The summed E-state index contributed by atoms with van der Waals surface area (Å²) in [5.41, 5.74) is 1.82. The summed E-state index contributed by atoms with van der Waals surface area (Å²) in [6.45, 7) is 3.85. The molecule has 0 radical (unpaired) electrons. The van der Waals surface area contributed by atoms with Crippen molar-refractivity contribution in [3.8, 4) is 17.2 Å². The summed E-state index contributed by atoms with van der Waals surface area (Å²) in [6, 6.07) is 7.22. The summed E-state index contributed by atoms with van der Waals surface area (Å²) in [7, 11) is 11.9. The molecule has 0 amide bonds. The molecule has 5 rings (SSSR count). The summed E-state index contributed by atoms with van der Waals surface area (Å²) in [5.74, 6) is 2.96. The van der Waals surface area contributed by atoms with Crippen molar-refractivity contribution in [1.29, 1.82) is 0 Å². The molecule has 14 heteroatoms. The summed E-state index contributed by atoms with van der Waals surface area (Å²) < 4.78 is 25.8. The number of fused-ring (bicyclic) bond motifs is 2. The van der Waals surface area contributed by atoms with Gasteiger partial charge in [-0.2, -0.15) is 4.52 Å². The number of hydrogen-bond donors (Lipinski definition) is 0. The van der Waals surface area contributed by atoms with E-state index >= 15 is 0 Å². The second kappa shape index (κ2) is 9.08. The molecule has 2 aliphatic rings. The van der Waals surface area contributed by atoms with Crippen molar-refractivity contribution in [1.82, 2.24) is 14.6 Å². The lowest BCUT2D eigenvalue weighted by atomic mass is 9.41. The Morgan fingerprint density at radius 2 is 1.70 bits per heavy atom. The van der Waals surface area contributed by atoms with Crippen LogP contribution in [0.25, 0.3) is 5.65 Å². The highest BCUT2D eigenvalue weighted by Crippen LogP contribution is 2.42. The lowest BCUT2D eigenvalue weighted by Gasteiger charge is -2.47. The van der Waals surface area contributed by atoms with Crippen molar-refractivity contribution in [2.45, 2.75) is 42.7 Å². The molecule has 0 atom stereocenters. The monoisotopic (exact) mass is 498 g/mol. The highest BCUT2D eigenvalue weighted by atomic mass is 16.6. The van der Waals surface area contributed by atoms with Gasteiger partial charge in [-0.1, -0.05) is 0 Å². The molecule has 4 heterocycles. The molecule has 0 unspecified atom stereocenters. The Labute approximate surface area is 221 Å². The third-order valence-electron chi connectivity index (χ3n) is 7.94. The van der Waals surface area contributed by atoms with Crippen molar-refractivity contribution in [2.75, 3.05) is 25.1 Å². The molecule has 2 aliphatic heterocycles. The first-order valence-electron chi connectivity index (χ1n) is 12.8. The molecule has 0 N–H and O–H groups in total. The highest BCUT2D eigenvalue weighted by molar-refractivity contribution is 6.53. The largest absolute Gasteiger partial charge is 0.499 e. The summed E-state index contributed by atoms with van der Waals surface area (Å²) in [6.07, 6.45) is 3.10. The van der Waals surface area contributed by atoms with Crippen LogP contribution in [-0.4, -0.2) is 90.3 Å². The Bertz CT molecular complexity index is 1410. The van der Waals surface area contributed by atoms with Gasteiger partial charge >= 0.3 is 0 Å². The minimum atomic E-state index is -0.474. The molecule has 0 bridgehead atoms. The van der Waals surface area contributed by atoms with Gasteiger partial charge in [0.25, 0.3) is 5.56 Å². The van der Waals surface area contributed by atoms with Gasteiger partial charge in [0.1, 0.15) is 37.1 Å². The van der Waals surface area contributed by atoms with Crippen LogP contribution in [0.3, 0.4) is 0 Å². The van der Waals surface area contributed by atoms with Crippen molar-refractivity contribution in [3.05, 3.63) is 51.9 Å². The van der Waals surface area contributed by atoms with Gasteiger partial charge < -0.3 is 23.8 Å². The van der Waals surface area contributed by atoms with Crippen LogP contribution in [0.2, 0.25) is 0 Å². The van der Waals surface area contributed by atoms with Crippen LogP contribution in [-0.2, 0) is 11.3 Å². The average molecular weight is 498 g/mol. The van der Waals surface area contributed by atoms with Crippen LogP contribution in [0.15, 0.2) is 35.3 Å². The van der Waals surface area contributed by atoms with E-state index in [0.717, 1.165) is 54.4 Å². The predicted octanol–water partition coefficient (Wildman–Crippen LogP) is -2.84. The van der Waals surface area contributed by atoms with Crippen molar-refractivity contribution in [3.63, 3.8) is 0 Å². The van der Waals surface area contributed by atoms with Gasteiger partial charge in [0.05, 0.1) is 22.9 Å². The standard InChI is InChI=1S/C23H31B5N4O5/c1-13-15(12-34-2)20-29-8-5-18(33)32(20)30-19(13)31-9-6-21(24,7-10-31)35-14-3-4-16-17(11-14)37-23(27,28)22(25,26)36-16/h3-5,8,11H,6-7,9-10,12,24-28H2,1-2H3. The fourth-order valence-electron chi connectivity index (χ4n) is 4.88. The second-order valence-corrected chi connectivity index (χ2v) is 11.3. The van der Waals surface area contributed by atoms with E-state index in [1.807, 2.05) is 56.5 Å². The zero-order valence-electron chi connectivity index (χ0n) is 22.8. The molecule has 37 heavy (non-hydrogen) atoms. The molecule has 1 saturated heterocycles. The summed E-state index contributed by atoms with van der Waals surface area (Å²) in [4.78, 5) is 19.1. The number of rotatable bonds is 5. The number of aromatic nitrogens is 3. The van der Waals surface area contributed by atoms with E-state index in [9.17, 15) is 4.79 Å². The van der Waals surface area contributed by atoms with E-state index in [1.54, 1.807) is 7.11 Å². The lowest BCUT2D eigenvalue weighted by molar-refractivity contribution is 0.0603. The van der Waals surface area contributed by atoms with Crippen molar-refractivity contribution < 1.29 is 18.9 Å². The number of nitrogens with zero attached hydrogens (tertiary/aromatic N) is 4. The van der Waals surface area contributed by atoms with Gasteiger partial charge in [0.2, 0.25) is 0 Å². The number of piperidine rings is 1. The summed E-state index contributed by atoms with van der Waals surface area (Å²) in [5, 5.41) is 3.77. The molecule has 188 valence electrons. The van der Waals surface area contributed by atoms with E-state index in [2.05, 4.69) is 22.8 Å². The number of hydrogen-bond acceptors (Lipinski definition) is 8. The van der Waals surface area contributed by atoms with Crippen LogP contribution in [0.5, 0.6) is 17.2 Å². The minimum Gasteiger partial charge on any atom is -0.499 e. The van der Waals surface area contributed by atoms with Crippen LogP contribution in [0.4, 0.5) is 5.82 Å². The maximum Gasteiger partial charge on any atom is 0.274 e. The second-order valence-electron chi connectivity index (χ2n) is 11.3. The first-order chi connectivity index (χ1) is 17.4. The zero-order chi connectivity index (χ0) is 26.6. The number of benzene rings is 1. The predicted molar refractivity (Wildman–Crippen MR) is 155 cm³/mol. The molecular weight excluding hydrogens is 466 g/mol. The van der Waals surface area contributed by atoms with Gasteiger partial charge in [0.15, 0.2) is 30.8 Å². The maximum absolute atomic E-state index is 12.5. The van der Waals surface area contributed by atoms with Crippen LogP contribution in [0.1, 0.15) is 24.0 Å². The quantitative estimate of drug-likeness (QED) is 0.349. The van der Waals surface area contributed by atoms with E-state index in [-0.39, 0.29) is 11.1 Å². The first kappa shape index (κ1) is 25.6. The van der Waals surface area contributed by atoms with Crippen LogP contribution >= 0.6 is 0 Å². The molecule has 2 aromatic heterocycles. The first-order valence-corrected chi connectivity index (χ1v) is 12.8. The molecule has 1 fully saturated rings. The van der Waals surface area contributed by atoms with E-state index < -0.39 is 10.8 Å². The van der Waals surface area contributed by atoms with E-state index in [0.29, 0.717) is 18.0 Å². The van der Waals surface area contributed by atoms with Crippen molar-refractivity contribution in [2.24, 2.45) is 0 Å². The number of methoxy groups -OCH3 is 1. The minimum absolute atomic E-state index is 0.209. The molecule has 0 spiro atoms. The average Bonchev–Trinajstić information content (AvgIpc) is 2.82. The Morgan fingerprint density at radius 1 is 1.03 bits per heavy atom. The third-order valence-corrected chi connectivity index (χ3v) is 7.94. The Kier molecular flexibility index (Phi) is 6.29. The fraction of sp³-hybridized carbons (Fsp3) is 0.435. The van der Waals surface area contributed by atoms with E-state index in [4.69, 9.17) is 18.9 Å². The van der Waals surface area contributed by atoms with E-state index in [1.165, 1.54) is 16.8 Å². The lowest BCUT2D eigenvalue weighted by Crippen LogP contribution is -2.65. The molecule has 0 saturated carbocycles. The van der Waals surface area contributed by atoms with Gasteiger partial charge in [0, 0.05) is 49.7 Å². The normalized spacial score (nSPS) is 19.5. The molecule has 9 nitrogen and oxygen atoms in total. The fourth-order valence-corrected chi connectivity index (χ4v) is 4.88. The smallest absolute Gasteiger partial charge is 0.274 e. The zero-order valence-corrected chi connectivity index (χ0v) is 22.8. The maximum atomic E-state index is 12.5. The van der Waals surface area contributed by atoms with Gasteiger partial charge in [-0.15, -0.1) is 5.10 Å². The SMILES string of the molecule is BC1(Oc2ccc3c(c2)OC(B)(B)C(B)(B)O3)CCN(c2nn3c(=O)ccnc3c(COC)c2C)CC1.